The van der Waals surface area contributed by atoms with E-state index in [-0.39, 0.29) is 6.61 Å². The number of nitriles is 1. The molecule has 1 heterocycles. The molecule has 0 bridgehead atoms. The molecule has 0 aliphatic carbocycles. The highest BCUT2D eigenvalue weighted by Crippen LogP contribution is 2.17. The largest absolute Gasteiger partial charge is 0.465 e. The minimum atomic E-state index is -0.445. The van der Waals surface area contributed by atoms with Crippen LogP contribution in [0.2, 0.25) is 0 Å². The van der Waals surface area contributed by atoms with Gasteiger partial charge in [-0.25, -0.2) is 9.37 Å². The van der Waals surface area contributed by atoms with Crippen LogP contribution in [0.1, 0.15) is 11.1 Å². The van der Waals surface area contributed by atoms with Crippen molar-refractivity contribution in [3.63, 3.8) is 0 Å². The maximum absolute atomic E-state index is 13.4. The van der Waals surface area contributed by atoms with Gasteiger partial charge in [-0.2, -0.15) is 5.26 Å². The SMILES string of the molecule is N#Cc1ccc(COc2n[c]cs2)c(F)c1. The molecule has 1 aromatic carbocycles. The first-order valence-corrected chi connectivity index (χ1v) is 5.30. The number of hydrogen-bond acceptors (Lipinski definition) is 4. The van der Waals surface area contributed by atoms with Crippen molar-refractivity contribution in [1.29, 1.82) is 5.26 Å². The summed E-state index contributed by atoms with van der Waals surface area (Å²) in [5.74, 6) is -0.445. The summed E-state index contributed by atoms with van der Waals surface area (Å²) in [5, 5.41) is 10.7. The molecule has 5 heteroatoms. The quantitative estimate of drug-likeness (QED) is 0.818. The summed E-state index contributed by atoms with van der Waals surface area (Å²) in [6.07, 6.45) is 2.61. The monoisotopic (exact) mass is 233 g/mol. The third-order valence-electron chi connectivity index (χ3n) is 1.90. The van der Waals surface area contributed by atoms with E-state index in [1.165, 1.54) is 23.5 Å². The molecule has 1 aromatic heterocycles. The fourth-order valence-electron chi connectivity index (χ4n) is 1.12. The van der Waals surface area contributed by atoms with Gasteiger partial charge in [-0.05, 0) is 12.1 Å². The van der Waals surface area contributed by atoms with Crippen LogP contribution in [0.25, 0.3) is 0 Å². The van der Waals surface area contributed by atoms with E-state index >= 15 is 0 Å². The van der Waals surface area contributed by atoms with Gasteiger partial charge in [-0.1, -0.05) is 17.4 Å². The number of thiazole rings is 1. The number of rotatable bonds is 3. The lowest BCUT2D eigenvalue weighted by atomic mass is 10.1. The number of aromatic nitrogens is 1. The molecule has 0 aliphatic heterocycles. The Morgan fingerprint density at radius 3 is 3.06 bits per heavy atom. The van der Waals surface area contributed by atoms with Crippen molar-refractivity contribution in [3.05, 3.63) is 46.7 Å². The van der Waals surface area contributed by atoms with Crippen molar-refractivity contribution in [2.24, 2.45) is 0 Å². The Bertz CT molecular complexity index is 519. The average molecular weight is 233 g/mol. The molecule has 16 heavy (non-hydrogen) atoms. The third kappa shape index (κ3) is 2.35. The lowest BCUT2D eigenvalue weighted by Crippen LogP contribution is -1.98. The van der Waals surface area contributed by atoms with Gasteiger partial charge in [0.1, 0.15) is 18.6 Å². The highest BCUT2D eigenvalue weighted by atomic mass is 32.1. The smallest absolute Gasteiger partial charge is 0.274 e. The Kier molecular flexibility index (Phi) is 3.13. The van der Waals surface area contributed by atoms with Gasteiger partial charge in [0.15, 0.2) is 0 Å². The first kappa shape index (κ1) is 10.6. The predicted molar refractivity (Wildman–Crippen MR) is 56.4 cm³/mol. The normalized spacial score (nSPS) is 9.75. The standard InChI is InChI=1S/C11H6FN2OS/c12-10-5-8(6-13)1-2-9(10)7-15-11-14-3-4-16-11/h1-2,4-5H,7H2. The molecule has 0 aliphatic rings. The van der Waals surface area contributed by atoms with Gasteiger partial charge in [0.05, 0.1) is 11.6 Å². The van der Waals surface area contributed by atoms with Crippen LogP contribution in [0.4, 0.5) is 4.39 Å². The Hall–Kier alpha value is -1.93. The summed E-state index contributed by atoms with van der Waals surface area (Å²) in [6.45, 7) is 0.0961. The van der Waals surface area contributed by atoms with Gasteiger partial charge in [-0.3, -0.25) is 0 Å². The number of hydrogen-bond donors (Lipinski definition) is 0. The summed E-state index contributed by atoms with van der Waals surface area (Å²) < 4.78 is 18.6. The van der Waals surface area contributed by atoms with Gasteiger partial charge >= 0.3 is 0 Å². The van der Waals surface area contributed by atoms with E-state index in [4.69, 9.17) is 10.00 Å². The summed E-state index contributed by atoms with van der Waals surface area (Å²) >= 11 is 1.29. The fourth-order valence-corrected chi connectivity index (χ4v) is 1.56. The van der Waals surface area contributed by atoms with E-state index in [0.29, 0.717) is 16.3 Å². The van der Waals surface area contributed by atoms with Crippen LogP contribution >= 0.6 is 11.3 Å². The van der Waals surface area contributed by atoms with Crippen molar-refractivity contribution in [2.75, 3.05) is 0 Å². The van der Waals surface area contributed by atoms with E-state index < -0.39 is 5.82 Å². The molecule has 0 atom stereocenters. The zero-order chi connectivity index (χ0) is 11.4. The summed E-state index contributed by atoms with van der Waals surface area (Å²) in [5.41, 5.74) is 0.693. The van der Waals surface area contributed by atoms with E-state index in [9.17, 15) is 4.39 Å². The van der Waals surface area contributed by atoms with Crippen LogP contribution in [-0.4, -0.2) is 4.98 Å². The zero-order valence-corrected chi connectivity index (χ0v) is 8.92. The highest BCUT2D eigenvalue weighted by molar-refractivity contribution is 7.11. The van der Waals surface area contributed by atoms with Crippen LogP contribution in [-0.2, 0) is 6.61 Å². The van der Waals surface area contributed by atoms with Crippen LogP contribution in [0.15, 0.2) is 23.6 Å². The molecule has 0 N–H and O–H groups in total. The van der Waals surface area contributed by atoms with Crippen molar-refractivity contribution in [1.82, 2.24) is 4.98 Å². The second-order valence-corrected chi connectivity index (χ2v) is 3.77. The lowest BCUT2D eigenvalue weighted by Gasteiger charge is -2.03. The van der Waals surface area contributed by atoms with Crippen LogP contribution in [0.3, 0.4) is 0 Å². The van der Waals surface area contributed by atoms with Gasteiger partial charge in [0, 0.05) is 10.9 Å². The Morgan fingerprint density at radius 1 is 1.56 bits per heavy atom. The minimum Gasteiger partial charge on any atom is -0.465 e. The molecule has 79 valence electrons. The Balaban J connectivity index is 2.08. The molecule has 0 amide bonds. The zero-order valence-electron chi connectivity index (χ0n) is 8.11. The van der Waals surface area contributed by atoms with Crippen molar-refractivity contribution in [2.45, 2.75) is 6.61 Å². The van der Waals surface area contributed by atoms with Gasteiger partial charge in [-0.15, -0.1) is 0 Å². The number of ether oxygens (including phenoxy) is 1. The van der Waals surface area contributed by atoms with Crippen molar-refractivity contribution < 1.29 is 9.13 Å². The van der Waals surface area contributed by atoms with Crippen LogP contribution in [0, 0.1) is 23.3 Å². The highest BCUT2D eigenvalue weighted by Gasteiger charge is 2.05. The Labute approximate surface area is 95.8 Å². The third-order valence-corrected chi connectivity index (χ3v) is 2.54. The minimum absolute atomic E-state index is 0.0961. The molecular weight excluding hydrogens is 227 g/mol. The molecule has 1 radical (unpaired) electrons. The molecule has 2 rings (SSSR count). The average Bonchev–Trinajstić information content (AvgIpc) is 2.80. The molecule has 0 saturated heterocycles. The number of nitrogens with zero attached hydrogens (tertiary/aromatic N) is 2. The van der Waals surface area contributed by atoms with Crippen molar-refractivity contribution in [3.8, 4) is 11.3 Å². The molecule has 3 nitrogen and oxygen atoms in total. The first-order valence-electron chi connectivity index (χ1n) is 4.42. The molecule has 2 aromatic rings. The first-order chi connectivity index (χ1) is 7.79. The molecule has 0 unspecified atom stereocenters. The van der Waals surface area contributed by atoms with Crippen LogP contribution < -0.4 is 4.74 Å². The van der Waals surface area contributed by atoms with Gasteiger partial charge in [0.2, 0.25) is 0 Å². The fraction of sp³-hybridized carbons (Fsp3) is 0.0909. The maximum atomic E-state index is 13.4. The van der Waals surface area contributed by atoms with Gasteiger partial charge in [0.25, 0.3) is 5.19 Å². The topological polar surface area (TPSA) is 45.9 Å². The maximum Gasteiger partial charge on any atom is 0.274 e. The second-order valence-electron chi connectivity index (χ2n) is 2.95. The molecule has 0 fully saturated rings. The van der Waals surface area contributed by atoms with E-state index in [0.717, 1.165) is 0 Å². The summed E-state index contributed by atoms with van der Waals surface area (Å²) in [7, 11) is 0. The summed E-state index contributed by atoms with van der Waals surface area (Å²) in [4.78, 5) is 3.79. The van der Waals surface area contributed by atoms with Crippen LogP contribution in [0.5, 0.6) is 5.19 Å². The lowest BCUT2D eigenvalue weighted by molar-refractivity contribution is 0.298. The van der Waals surface area contributed by atoms with E-state index in [1.54, 1.807) is 11.4 Å². The summed E-state index contributed by atoms with van der Waals surface area (Å²) in [6, 6.07) is 6.14. The molecule has 0 saturated carbocycles. The number of halogens is 1. The van der Waals surface area contributed by atoms with E-state index in [1.807, 2.05) is 6.07 Å². The second kappa shape index (κ2) is 4.73. The molecule has 0 spiro atoms. The van der Waals surface area contributed by atoms with Gasteiger partial charge < -0.3 is 4.74 Å². The Morgan fingerprint density at radius 2 is 2.44 bits per heavy atom. The van der Waals surface area contributed by atoms with Crippen molar-refractivity contribution >= 4 is 11.3 Å². The number of benzene rings is 1. The van der Waals surface area contributed by atoms with E-state index in [2.05, 4.69) is 11.2 Å². The predicted octanol–water partition coefficient (Wildman–Crippen LogP) is 2.53. The molecular formula is C11H6FN2OS.